The molecule has 1 saturated heterocycles. The van der Waals surface area contributed by atoms with Gasteiger partial charge in [-0.25, -0.2) is 9.97 Å². The van der Waals surface area contributed by atoms with E-state index in [0.717, 1.165) is 35.5 Å². The van der Waals surface area contributed by atoms with Gasteiger partial charge in [-0.05, 0) is 37.3 Å². The van der Waals surface area contributed by atoms with Crippen LogP contribution in [0, 0.1) is 18.8 Å². The molecular weight excluding hydrogens is 272 g/mol. The molecule has 1 fully saturated rings. The van der Waals surface area contributed by atoms with Gasteiger partial charge in [0, 0.05) is 24.0 Å². The van der Waals surface area contributed by atoms with Crippen molar-refractivity contribution in [1.82, 2.24) is 15.0 Å². The predicted octanol–water partition coefficient (Wildman–Crippen LogP) is 3.90. The highest BCUT2D eigenvalue weighted by atomic mass is 15.2. The van der Waals surface area contributed by atoms with E-state index in [0.29, 0.717) is 11.8 Å². The third-order valence-corrected chi connectivity index (χ3v) is 4.69. The highest BCUT2D eigenvalue weighted by Crippen LogP contribution is 2.32. The number of aryl methyl sites for hydroxylation is 1. The number of hydrogen-bond donors (Lipinski definition) is 1. The summed E-state index contributed by atoms with van der Waals surface area (Å²) < 4.78 is 0. The van der Waals surface area contributed by atoms with Crippen LogP contribution in [0.25, 0.3) is 21.9 Å². The quantitative estimate of drug-likeness (QED) is 0.740. The lowest BCUT2D eigenvalue weighted by Gasteiger charge is -2.35. The summed E-state index contributed by atoms with van der Waals surface area (Å²) in [6, 6.07) is 6.47. The van der Waals surface area contributed by atoms with Crippen molar-refractivity contribution < 1.29 is 0 Å². The fraction of sp³-hybridized carbons (Fsp3) is 0.444. The zero-order valence-electron chi connectivity index (χ0n) is 13.4. The Bertz CT molecular complexity index is 826. The molecule has 2 aromatic heterocycles. The van der Waals surface area contributed by atoms with Gasteiger partial charge < -0.3 is 9.88 Å². The first kappa shape index (κ1) is 13.6. The molecule has 2 atom stereocenters. The van der Waals surface area contributed by atoms with Crippen molar-refractivity contribution in [3.63, 3.8) is 0 Å². The maximum absolute atomic E-state index is 4.60. The Morgan fingerprint density at radius 3 is 2.68 bits per heavy atom. The van der Waals surface area contributed by atoms with E-state index in [1.807, 2.05) is 0 Å². The zero-order chi connectivity index (χ0) is 15.3. The molecule has 4 heteroatoms. The standard InChI is InChI=1S/C18H22N4/c1-11-4-5-15-14(7-11)16-17(21-15)18(20-10-19-16)22-8-12(2)6-13(3)9-22/h4-5,7,10,12-13,21H,6,8-9H2,1-3H3/t12-,13-/m1/s1. The Balaban J connectivity index is 1.89. The number of rotatable bonds is 1. The van der Waals surface area contributed by atoms with Crippen LogP contribution in [0.5, 0.6) is 0 Å². The summed E-state index contributed by atoms with van der Waals surface area (Å²) in [4.78, 5) is 15.1. The second kappa shape index (κ2) is 4.97. The number of aromatic nitrogens is 3. The third-order valence-electron chi connectivity index (χ3n) is 4.69. The normalized spacial score (nSPS) is 22.6. The van der Waals surface area contributed by atoms with E-state index in [2.05, 4.69) is 58.8 Å². The third kappa shape index (κ3) is 2.14. The average Bonchev–Trinajstić information content (AvgIpc) is 2.84. The second-order valence-electron chi connectivity index (χ2n) is 6.95. The molecule has 0 amide bonds. The van der Waals surface area contributed by atoms with E-state index in [-0.39, 0.29) is 0 Å². The van der Waals surface area contributed by atoms with Crippen LogP contribution in [0.2, 0.25) is 0 Å². The first-order chi connectivity index (χ1) is 10.6. The number of hydrogen-bond acceptors (Lipinski definition) is 3. The fourth-order valence-corrected chi connectivity index (χ4v) is 3.87. The molecule has 0 saturated carbocycles. The largest absolute Gasteiger partial charge is 0.354 e. The number of piperidine rings is 1. The maximum Gasteiger partial charge on any atom is 0.156 e. The lowest BCUT2D eigenvalue weighted by molar-refractivity contribution is 0.356. The first-order valence-corrected chi connectivity index (χ1v) is 8.10. The van der Waals surface area contributed by atoms with Crippen LogP contribution < -0.4 is 4.90 Å². The van der Waals surface area contributed by atoms with Gasteiger partial charge in [0.2, 0.25) is 0 Å². The number of anilines is 1. The van der Waals surface area contributed by atoms with E-state index < -0.39 is 0 Å². The number of aromatic amines is 1. The lowest BCUT2D eigenvalue weighted by Crippen LogP contribution is -2.39. The van der Waals surface area contributed by atoms with Gasteiger partial charge in [-0.15, -0.1) is 0 Å². The van der Waals surface area contributed by atoms with Crippen molar-refractivity contribution in [1.29, 1.82) is 0 Å². The molecule has 0 radical (unpaired) electrons. The SMILES string of the molecule is Cc1ccc2[nH]c3c(N4C[C@H](C)C[C@@H](C)C4)ncnc3c2c1. The van der Waals surface area contributed by atoms with E-state index >= 15 is 0 Å². The minimum Gasteiger partial charge on any atom is -0.354 e. The Labute approximate surface area is 130 Å². The van der Waals surface area contributed by atoms with Gasteiger partial charge in [-0.1, -0.05) is 25.5 Å². The highest BCUT2D eigenvalue weighted by Gasteiger charge is 2.25. The summed E-state index contributed by atoms with van der Waals surface area (Å²) in [5.74, 6) is 2.47. The summed E-state index contributed by atoms with van der Waals surface area (Å²) in [5, 5.41) is 1.19. The minimum atomic E-state index is 0.709. The summed E-state index contributed by atoms with van der Waals surface area (Å²) in [6.45, 7) is 8.93. The molecule has 1 N–H and O–H groups in total. The fourth-order valence-electron chi connectivity index (χ4n) is 3.87. The van der Waals surface area contributed by atoms with Crippen LogP contribution in [-0.4, -0.2) is 28.0 Å². The molecule has 114 valence electrons. The monoisotopic (exact) mass is 294 g/mol. The van der Waals surface area contributed by atoms with Crippen molar-refractivity contribution in [2.75, 3.05) is 18.0 Å². The van der Waals surface area contributed by atoms with Crippen LogP contribution in [0.1, 0.15) is 25.8 Å². The van der Waals surface area contributed by atoms with Crippen LogP contribution in [0.15, 0.2) is 24.5 Å². The Kier molecular flexibility index (Phi) is 3.06. The van der Waals surface area contributed by atoms with Crippen LogP contribution in [-0.2, 0) is 0 Å². The minimum absolute atomic E-state index is 0.709. The van der Waals surface area contributed by atoms with Crippen LogP contribution >= 0.6 is 0 Å². The van der Waals surface area contributed by atoms with Gasteiger partial charge in [0.05, 0.1) is 0 Å². The van der Waals surface area contributed by atoms with Crippen LogP contribution in [0.3, 0.4) is 0 Å². The number of nitrogens with one attached hydrogen (secondary N) is 1. The van der Waals surface area contributed by atoms with Gasteiger partial charge in [0.25, 0.3) is 0 Å². The van der Waals surface area contributed by atoms with Gasteiger partial charge >= 0.3 is 0 Å². The lowest BCUT2D eigenvalue weighted by atomic mass is 9.92. The Morgan fingerprint density at radius 1 is 1.14 bits per heavy atom. The van der Waals surface area contributed by atoms with Crippen molar-refractivity contribution in [2.24, 2.45) is 11.8 Å². The molecule has 1 aromatic carbocycles. The van der Waals surface area contributed by atoms with Crippen molar-refractivity contribution in [3.05, 3.63) is 30.1 Å². The van der Waals surface area contributed by atoms with Gasteiger partial charge in [0.1, 0.15) is 17.4 Å². The van der Waals surface area contributed by atoms with E-state index in [1.165, 1.54) is 17.4 Å². The molecule has 0 unspecified atom stereocenters. The van der Waals surface area contributed by atoms with E-state index in [4.69, 9.17) is 0 Å². The molecule has 0 aliphatic carbocycles. The highest BCUT2D eigenvalue weighted by molar-refractivity contribution is 6.08. The van der Waals surface area contributed by atoms with Crippen LogP contribution in [0.4, 0.5) is 5.82 Å². The molecule has 22 heavy (non-hydrogen) atoms. The summed E-state index contributed by atoms with van der Waals surface area (Å²) in [5.41, 5.74) is 4.51. The van der Waals surface area contributed by atoms with Gasteiger partial charge in [0.15, 0.2) is 5.82 Å². The Hall–Kier alpha value is -2.10. The molecule has 1 aliphatic heterocycles. The summed E-state index contributed by atoms with van der Waals surface area (Å²) in [6.07, 6.45) is 3.01. The van der Waals surface area contributed by atoms with Gasteiger partial charge in [-0.3, -0.25) is 0 Å². The topological polar surface area (TPSA) is 44.8 Å². The molecule has 4 rings (SSSR count). The molecular formula is C18H22N4. The first-order valence-electron chi connectivity index (χ1n) is 8.10. The van der Waals surface area contributed by atoms with Crippen molar-refractivity contribution in [3.8, 4) is 0 Å². The molecule has 1 aliphatic rings. The molecule has 0 bridgehead atoms. The molecule has 3 aromatic rings. The summed E-state index contributed by atoms with van der Waals surface area (Å²) >= 11 is 0. The smallest absolute Gasteiger partial charge is 0.156 e. The van der Waals surface area contributed by atoms with Gasteiger partial charge in [-0.2, -0.15) is 0 Å². The van der Waals surface area contributed by atoms with E-state index in [9.17, 15) is 0 Å². The van der Waals surface area contributed by atoms with E-state index in [1.54, 1.807) is 6.33 Å². The second-order valence-corrected chi connectivity index (χ2v) is 6.95. The maximum atomic E-state index is 4.60. The molecule has 3 heterocycles. The van der Waals surface area contributed by atoms with Crippen molar-refractivity contribution >= 4 is 27.8 Å². The molecule has 4 nitrogen and oxygen atoms in total. The average molecular weight is 294 g/mol. The summed E-state index contributed by atoms with van der Waals surface area (Å²) in [7, 11) is 0. The Morgan fingerprint density at radius 2 is 1.91 bits per heavy atom. The predicted molar refractivity (Wildman–Crippen MR) is 91.3 cm³/mol. The molecule has 0 spiro atoms. The number of H-pyrrole nitrogens is 1. The zero-order valence-corrected chi connectivity index (χ0v) is 13.4. The number of fused-ring (bicyclic) bond motifs is 3. The number of benzene rings is 1. The van der Waals surface area contributed by atoms with Crippen molar-refractivity contribution in [2.45, 2.75) is 27.2 Å². The number of nitrogens with zero attached hydrogens (tertiary/aromatic N) is 3.